The summed E-state index contributed by atoms with van der Waals surface area (Å²) < 4.78 is 10.6. The molecule has 0 saturated carbocycles. The van der Waals surface area contributed by atoms with E-state index in [1.54, 1.807) is 6.08 Å². The molecule has 2 aliphatic rings. The molecule has 1 aliphatic heterocycles. The van der Waals surface area contributed by atoms with Crippen molar-refractivity contribution >= 4 is 0 Å². The van der Waals surface area contributed by atoms with Crippen molar-refractivity contribution in [2.45, 2.75) is 37.4 Å². The second-order valence-electron chi connectivity index (χ2n) is 4.45. The Morgan fingerprint density at radius 1 is 1.67 bits per heavy atom. The molecule has 1 heterocycles. The van der Waals surface area contributed by atoms with E-state index < -0.39 is 24.1 Å². The van der Waals surface area contributed by atoms with Crippen LogP contribution in [0.2, 0.25) is 0 Å². The van der Waals surface area contributed by atoms with Crippen LogP contribution in [0.3, 0.4) is 0 Å². The van der Waals surface area contributed by atoms with Crippen LogP contribution >= 0.6 is 0 Å². The lowest BCUT2D eigenvalue weighted by Gasteiger charge is -2.29. The molecule has 0 aromatic heterocycles. The van der Waals surface area contributed by atoms with Gasteiger partial charge in [0.15, 0.2) is 0 Å². The fraction of sp³-hybridized carbons (Fsp3) is 0.615. The molecule has 2 rings (SSSR count). The SMILES string of the molecule is CC=C=C1CC=CC1O[C@]1(O)COC(CO)C1O. The fourth-order valence-corrected chi connectivity index (χ4v) is 2.16. The molecule has 1 fully saturated rings. The predicted molar refractivity (Wildman–Crippen MR) is 63.7 cm³/mol. The number of allylic oxidation sites excluding steroid dienone is 1. The van der Waals surface area contributed by atoms with Gasteiger partial charge in [0.25, 0.3) is 0 Å². The van der Waals surface area contributed by atoms with Crippen molar-refractivity contribution < 1.29 is 24.8 Å². The van der Waals surface area contributed by atoms with Crippen LogP contribution in [-0.2, 0) is 9.47 Å². The predicted octanol–water partition coefficient (Wildman–Crippen LogP) is -0.127. The lowest BCUT2D eigenvalue weighted by Crippen LogP contribution is -2.48. The topological polar surface area (TPSA) is 79.2 Å². The van der Waals surface area contributed by atoms with Crippen molar-refractivity contribution in [3.05, 3.63) is 29.5 Å². The third kappa shape index (κ3) is 2.42. The molecular weight excluding hydrogens is 236 g/mol. The Bertz CT molecular complexity index is 396. The molecule has 0 aromatic rings. The summed E-state index contributed by atoms with van der Waals surface area (Å²) >= 11 is 0. The molecule has 0 radical (unpaired) electrons. The van der Waals surface area contributed by atoms with Crippen LogP contribution in [0.5, 0.6) is 0 Å². The Morgan fingerprint density at radius 3 is 3.06 bits per heavy atom. The summed E-state index contributed by atoms with van der Waals surface area (Å²) in [6, 6.07) is 0. The zero-order valence-electron chi connectivity index (χ0n) is 10.2. The van der Waals surface area contributed by atoms with E-state index in [0.29, 0.717) is 6.42 Å². The Balaban J connectivity index is 2.09. The fourth-order valence-electron chi connectivity index (χ4n) is 2.16. The molecule has 3 unspecified atom stereocenters. The van der Waals surface area contributed by atoms with Crippen molar-refractivity contribution in [1.29, 1.82) is 0 Å². The second kappa shape index (κ2) is 5.36. The molecule has 0 aromatic carbocycles. The van der Waals surface area contributed by atoms with Gasteiger partial charge in [0.05, 0.1) is 6.61 Å². The van der Waals surface area contributed by atoms with Crippen molar-refractivity contribution in [3.63, 3.8) is 0 Å². The van der Waals surface area contributed by atoms with E-state index in [2.05, 4.69) is 5.73 Å². The van der Waals surface area contributed by atoms with E-state index in [4.69, 9.17) is 14.6 Å². The summed E-state index contributed by atoms with van der Waals surface area (Å²) in [6.45, 7) is 1.34. The highest BCUT2D eigenvalue weighted by Gasteiger charge is 2.50. The number of hydrogen-bond donors (Lipinski definition) is 3. The molecule has 100 valence electrons. The average Bonchev–Trinajstić information content (AvgIpc) is 2.88. The van der Waals surface area contributed by atoms with E-state index in [-0.39, 0.29) is 13.2 Å². The molecule has 5 nitrogen and oxygen atoms in total. The first-order valence-electron chi connectivity index (χ1n) is 5.98. The minimum Gasteiger partial charge on any atom is -0.394 e. The van der Waals surface area contributed by atoms with Crippen molar-refractivity contribution in [3.8, 4) is 0 Å². The summed E-state index contributed by atoms with van der Waals surface area (Å²) in [4.78, 5) is 0. The first-order chi connectivity index (χ1) is 8.60. The number of aliphatic hydroxyl groups is 3. The molecule has 5 heteroatoms. The molecule has 0 spiro atoms. The van der Waals surface area contributed by atoms with E-state index in [0.717, 1.165) is 5.57 Å². The third-order valence-electron chi connectivity index (χ3n) is 3.15. The Morgan fingerprint density at radius 2 is 2.44 bits per heavy atom. The Hall–Kier alpha value is -0.940. The van der Waals surface area contributed by atoms with E-state index in [1.807, 2.05) is 19.1 Å². The van der Waals surface area contributed by atoms with Crippen molar-refractivity contribution in [1.82, 2.24) is 0 Å². The minimum absolute atomic E-state index is 0.160. The van der Waals surface area contributed by atoms with Gasteiger partial charge in [-0.05, 0) is 19.4 Å². The number of ether oxygens (including phenoxy) is 2. The summed E-state index contributed by atoms with van der Waals surface area (Å²) in [5, 5.41) is 29.1. The van der Waals surface area contributed by atoms with Gasteiger partial charge in [0, 0.05) is 5.57 Å². The van der Waals surface area contributed by atoms with Gasteiger partial charge < -0.3 is 24.8 Å². The van der Waals surface area contributed by atoms with Crippen LogP contribution in [0.1, 0.15) is 13.3 Å². The second-order valence-corrected chi connectivity index (χ2v) is 4.45. The van der Waals surface area contributed by atoms with Gasteiger partial charge in [-0.2, -0.15) is 0 Å². The van der Waals surface area contributed by atoms with Crippen LogP contribution in [-0.4, -0.2) is 52.6 Å². The zero-order valence-corrected chi connectivity index (χ0v) is 10.2. The lowest BCUT2D eigenvalue weighted by atomic mass is 10.1. The standard InChI is InChI=1S/C13H18O5/c1-2-4-9-5-3-6-10(9)18-13(16)8-17-11(7-14)12(13)15/h2-3,6,10-12,14-16H,5,7-8H2,1H3/t4?,10?,11?,12?,13-/m1/s1. The van der Waals surface area contributed by atoms with Gasteiger partial charge in [-0.1, -0.05) is 12.2 Å². The monoisotopic (exact) mass is 254 g/mol. The maximum Gasteiger partial charge on any atom is 0.219 e. The Labute approximate surface area is 106 Å². The van der Waals surface area contributed by atoms with Crippen LogP contribution in [0.4, 0.5) is 0 Å². The first kappa shape index (κ1) is 13.5. The lowest BCUT2D eigenvalue weighted by molar-refractivity contribution is -0.247. The molecule has 0 bridgehead atoms. The normalized spacial score (nSPS) is 39.1. The molecule has 1 aliphatic carbocycles. The van der Waals surface area contributed by atoms with E-state index in [1.165, 1.54) is 0 Å². The number of rotatable bonds is 3. The molecular formula is C13H18O5. The highest BCUT2D eigenvalue weighted by atomic mass is 16.7. The molecule has 3 N–H and O–H groups in total. The number of aliphatic hydroxyl groups excluding tert-OH is 2. The molecule has 4 atom stereocenters. The number of hydrogen-bond acceptors (Lipinski definition) is 5. The highest BCUT2D eigenvalue weighted by Crippen LogP contribution is 2.31. The van der Waals surface area contributed by atoms with E-state index in [9.17, 15) is 10.2 Å². The van der Waals surface area contributed by atoms with Gasteiger partial charge in [0.2, 0.25) is 5.79 Å². The first-order valence-corrected chi connectivity index (χ1v) is 5.98. The summed E-state index contributed by atoms with van der Waals surface area (Å²) in [5.74, 6) is -1.78. The molecule has 18 heavy (non-hydrogen) atoms. The highest BCUT2D eigenvalue weighted by molar-refractivity contribution is 5.25. The summed E-state index contributed by atoms with van der Waals surface area (Å²) in [6.07, 6.45) is 3.74. The van der Waals surface area contributed by atoms with E-state index >= 15 is 0 Å². The largest absolute Gasteiger partial charge is 0.394 e. The van der Waals surface area contributed by atoms with Crippen molar-refractivity contribution in [2.75, 3.05) is 13.2 Å². The van der Waals surface area contributed by atoms with Crippen LogP contribution in [0.15, 0.2) is 29.5 Å². The summed E-state index contributed by atoms with van der Waals surface area (Å²) in [7, 11) is 0. The maximum atomic E-state index is 10.2. The minimum atomic E-state index is -1.78. The van der Waals surface area contributed by atoms with Crippen molar-refractivity contribution in [2.24, 2.45) is 0 Å². The van der Waals surface area contributed by atoms with Crippen LogP contribution in [0.25, 0.3) is 0 Å². The van der Waals surface area contributed by atoms with Gasteiger partial charge in [-0.15, -0.1) is 5.73 Å². The Kier molecular flexibility index (Phi) is 4.02. The molecule has 1 saturated heterocycles. The summed E-state index contributed by atoms with van der Waals surface area (Å²) in [5.41, 5.74) is 3.94. The molecule has 0 amide bonds. The zero-order chi connectivity index (χ0) is 13.2. The van der Waals surface area contributed by atoms with Crippen LogP contribution < -0.4 is 0 Å². The smallest absolute Gasteiger partial charge is 0.219 e. The average molecular weight is 254 g/mol. The van der Waals surface area contributed by atoms with Gasteiger partial charge >= 0.3 is 0 Å². The van der Waals surface area contributed by atoms with Gasteiger partial charge in [-0.25, -0.2) is 0 Å². The quantitative estimate of drug-likeness (QED) is 0.371. The third-order valence-corrected chi connectivity index (χ3v) is 3.15. The maximum absolute atomic E-state index is 10.2. The van der Waals surface area contributed by atoms with Gasteiger partial charge in [-0.3, -0.25) is 0 Å². The van der Waals surface area contributed by atoms with Gasteiger partial charge in [0.1, 0.15) is 24.9 Å². The van der Waals surface area contributed by atoms with Crippen LogP contribution in [0, 0.1) is 0 Å².